The molecule has 2 amide bonds. The summed E-state index contributed by atoms with van der Waals surface area (Å²) in [7, 11) is 0. The number of halogens is 1. The predicted octanol–water partition coefficient (Wildman–Crippen LogP) is 5.46. The number of rotatable bonds is 5. The fraction of sp³-hybridized carbons (Fsp3) is 0.280. The van der Waals surface area contributed by atoms with E-state index in [1.807, 2.05) is 48.5 Å². The maximum Gasteiger partial charge on any atom is 0.410 e. The van der Waals surface area contributed by atoms with Crippen LogP contribution in [0.25, 0.3) is 0 Å². The van der Waals surface area contributed by atoms with E-state index < -0.39 is 6.17 Å². The molecule has 0 spiro atoms. The van der Waals surface area contributed by atoms with Crippen molar-refractivity contribution in [2.24, 2.45) is 0 Å². The minimum absolute atomic E-state index is 0.116. The Hall–Kier alpha value is -3.04. The van der Waals surface area contributed by atoms with E-state index in [0.717, 1.165) is 31.0 Å². The van der Waals surface area contributed by atoms with Gasteiger partial charge in [-0.2, -0.15) is 0 Å². The predicted molar refractivity (Wildman–Crippen MR) is 134 cm³/mol. The van der Waals surface area contributed by atoms with E-state index in [2.05, 4.69) is 26.6 Å². The quantitative estimate of drug-likeness (QED) is 0.448. The lowest BCUT2D eigenvalue weighted by Crippen LogP contribution is -2.39. The average Bonchev–Trinajstić information content (AvgIpc) is 3.22. The van der Waals surface area contributed by atoms with Gasteiger partial charge >= 0.3 is 6.09 Å². The molecule has 7 nitrogen and oxygen atoms in total. The number of ether oxygens (including phenoxy) is 2. The van der Waals surface area contributed by atoms with Crippen LogP contribution in [0.15, 0.2) is 53.0 Å². The van der Waals surface area contributed by atoms with Crippen molar-refractivity contribution in [3.8, 4) is 5.75 Å². The zero-order valence-electron chi connectivity index (χ0n) is 18.6. The third-order valence-electron chi connectivity index (χ3n) is 5.88. The van der Waals surface area contributed by atoms with Crippen molar-refractivity contribution in [3.63, 3.8) is 0 Å². The number of benzene rings is 2. The lowest BCUT2D eigenvalue weighted by molar-refractivity contribution is 0.0933. The lowest BCUT2D eigenvalue weighted by Gasteiger charge is -2.29. The Bertz CT molecular complexity index is 1230. The van der Waals surface area contributed by atoms with Gasteiger partial charge in [0.05, 0.1) is 18.7 Å². The number of carbonyl (C=O) groups excluding carboxylic acids is 2. The molecule has 0 aliphatic carbocycles. The van der Waals surface area contributed by atoms with Crippen LogP contribution in [0.5, 0.6) is 5.75 Å². The van der Waals surface area contributed by atoms with Crippen LogP contribution in [-0.2, 0) is 24.3 Å². The molecular formula is C25H24BrN3O4S. The van der Waals surface area contributed by atoms with Gasteiger partial charge in [0.1, 0.15) is 23.5 Å². The van der Waals surface area contributed by atoms with Gasteiger partial charge in [-0.3, -0.25) is 4.79 Å². The zero-order chi connectivity index (χ0) is 23.7. The first-order valence-electron chi connectivity index (χ1n) is 11.1. The second-order valence-electron chi connectivity index (χ2n) is 8.09. The molecule has 2 aliphatic heterocycles. The van der Waals surface area contributed by atoms with Gasteiger partial charge in [-0.15, -0.1) is 11.3 Å². The van der Waals surface area contributed by atoms with Crippen molar-refractivity contribution in [1.82, 2.24) is 10.2 Å². The molecule has 0 fully saturated rings. The summed E-state index contributed by atoms with van der Waals surface area (Å²) in [4.78, 5) is 28.1. The van der Waals surface area contributed by atoms with Gasteiger partial charge < -0.3 is 25.0 Å². The summed E-state index contributed by atoms with van der Waals surface area (Å²) >= 11 is 5.07. The second kappa shape index (κ2) is 9.68. The summed E-state index contributed by atoms with van der Waals surface area (Å²) in [6, 6.07) is 15.7. The number of amides is 2. The normalized spacial score (nSPS) is 16.7. The van der Waals surface area contributed by atoms with Crippen LogP contribution in [-0.4, -0.2) is 30.1 Å². The molecule has 2 aromatic carbocycles. The van der Waals surface area contributed by atoms with E-state index in [1.54, 1.807) is 11.8 Å². The second-order valence-corrected chi connectivity index (χ2v) is 10.1. The van der Waals surface area contributed by atoms with E-state index in [-0.39, 0.29) is 12.0 Å². The minimum atomic E-state index is -0.440. The monoisotopic (exact) mass is 541 g/mol. The standard InChI is InChI=1S/C25H24BrN3O4S/c1-2-32-25(31)29-11-10-17-20(13-29)34-24-21(17)23(30)27-22(28-24)18-12-16(26)8-9-19(18)33-14-15-6-4-3-5-7-15/h3-9,12,22,28H,2,10-11,13-14H2,1H3,(H,27,30). The highest BCUT2D eigenvalue weighted by Gasteiger charge is 2.35. The molecular weight excluding hydrogens is 518 g/mol. The van der Waals surface area contributed by atoms with Gasteiger partial charge in [0.15, 0.2) is 0 Å². The number of hydrogen-bond donors (Lipinski definition) is 2. The molecule has 9 heteroatoms. The summed E-state index contributed by atoms with van der Waals surface area (Å²) in [6.45, 7) is 3.56. The Kier molecular flexibility index (Phi) is 6.47. The summed E-state index contributed by atoms with van der Waals surface area (Å²) in [5.74, 6) is 0.581. The van der Waals surface area contributed by atoms with E-state index in [9.17, 15) is 9.59 Å². The van der Waals surface area contributed by atoms with Crippen molar-refractivity contribution >= 4 is 44.3 Å². The van der Waals surface area contributed by atoms with E-state index in [4.69, 9.17) is 9.47 Å². The highest BCUT2D eigenvalue weighted by atomic mass is 79.9. The Morgan fingerprint density at radius 3 is 2.82 bits per heavy atom. The average molecular weight is 542 g/mol. The molecule has 0 bridgehead atoms. The molecule has 5 rings (SSSR count). The van der Waals surface area contributed by atoms with Crippen LogP contribution in [0.1, 0.15) is 45.0 Å². The highest BCUT2D eigenvalue weighted by Crippen LogP contribution is 2.42. The molecule has 1 atom stereocenters. The summed E-state index contributed by atoms with van der Waals surface area (Å²) in [5, 5.41) is 7.40. The van der Waals surface area contributed by atoms with Gasteiger partial charge in [-0.25, -0.2) is 4.79 Å². The number of nitrogens with zero attached hydrogens (tertiary/aromatic N) is 1. The maximum atomic E-state index is 13.2. The molecule has 2 aliphatic rings. The minimum Gasteiger partial charge on any atom is -0.488 e. The summed E-state index contributed by atoms with van der Waals surface area (Å²) < 4.78 is 12.2. The van der Waals surface area contributed by atoms with Crippen LogP contribution in [0.3, 0.4) is 0 Å². The topological polar surface area (TPSA) is 79.9 Å². The first-order chi connectivity index (χ1) is 16.5. The van der Waals surface area contributed by atoms with E-state index in [1.165, 1.54) is 11.3 Å². The zero-order valence-corrected chi connectivity index (χ0v) is 21.0. The number of thiophene rings is 1. The van der Waals surface area contributed by atoms with Crippen LogP contribution < -0.4 is 15.4 Å². The fourth-order valence-electron chi connectivity index (χ4n) is 4.25. The Labute approximate surface area is 210 Å². The van der Waals surface area contributed by atoms with Crippen molar-refractivity contribution < 1.29 is 19.1 Å². The van der Waals surface area contributed by atoms with E-state index >= 15 is 0 Å². The highest BCUT2D eigenvalue weighted by molar-refractivity contribution is 9.10. The Balaban J connectivity index is 1.39. The lowest BCUT2D eigenvalue weighted by atomic mass is 10.0. The SMILES string of the molecule is CCOC(=O)N1CCc2c(sc3c2C(=O)NC(c2cc(Br)ccc2OCc2ccccc2)N3)C1. The Morgan fingerprint density at radius 1 is 1.21 bits per heavy atom. The van der Waals surface area contributed by atoms with Crippen LogP contribution >= 0.6 is 27.3 Å². The van der Waals surface area contributed by atoms with E-state index in [0.29, 0.717) is 44.0 Å². The molecule has 1 unspecified atom stereocenters. The first-order valence-corrected chi connectivity index (χ1v) is 12.7. The largest absolute Gasteiger partial charge is 0.488 e. The molecule has 3 aromatic rings. The molecule has 0 radical (unpaired) electrons. The van der Waals surface area contributed by atoms with Gasteiger partial charge in [0, 0.05) is 21.5 Å². The first kappa shape index (κ1) is 22.7. The molecule has 176 valence electrons. The van der Waals surface area contributed by atoms with Crippen LogP contribution in [0, 0.1) is 0 Å². The van der Waals surface area contributed by atoms with Crippen LogP contribution in [0.4, 0.5) is 9.80 Å². The number of carbonyl (C=O) groups is 2. The smallest absolute Gasteiger partial charge is 0.410 e. The van der Waals surface area contributed by atoms with Crippen molar-refractivity contribution in [1.29, 1.82) is 0 Å². The number of nitrogens with one attached hydrogen (secondary N) is 2. The van der Waals surface area contributed by atoms with Gasteiger partial charge in [-0.1, -0.05) is 46.3 Å². The molecule has 3 heterocycles. The van der Waals surface area contributed by atoms with Crippen molar-refractivity contribution in [2.45, 2.75) is 32.7 Å². The van der Waals surface area contributed by atoms with Crippen molar-refractivity contribution in [2.75, 3.05) is 18.5 Å². The third-order valence-corrected chi connectivity index (χ3v) is 7.52. The molecule has 0 saturated carbocycles. The maximum absolute atomic E-state index is 13.2. The Morgan fingerprint density at radius 2 is 2.03 bits per heavy atom. The van der Waals surface area contributed by atoms with Gasteiger partial charge in [-0.05, 0) is 42.7 Å². The van der Waals surface area contributed by atoms with Gasteiger partial charge in [0.2, 0.25) is 0 Å². The van der Waals surface area contributed by atoms with Crippen molar-refractivity contribution in [3.05, 3.63) is 80.1 Å². The van der Waals surface area contributed by atoms with Crippen LogP contribution in [0.2, 0.25) is 0 Å². The molecule has 34 heavy (non-hydrogen) atoms. The number of hydrogen-bond acceptors (Lipinski definition) is 6. The van der Waals surface area contributed by atoms with Gasteiger partial charge in [0.25, 0.3) is 5.91 Å². The summed E-state index contributed by atoms with van der Waals surface area (Å²) in [5.41, 5.74) is 3.60. The molecule has 0 saturated heterocycles. The number of anilines is 1. The molecule has 2 N–H and O–H groups in total. The molecule has 1 aromatic heterocycles. The number of fused-ring (bicyclic) bond motifs is 3. The summed E-state index contributed by atoms with van der Waals surface area (Å²) in [6.07, 6.45) is -0.129. The fourth-order valence-corrected chi connectivity index (χ4v) is 5.92. The third kappa shape index (κ3) is 4.50.